The first kappa shape index (κ1) is 23.5. The number of benzene rings is 1. The topological polar surface area (TPSA) is 136 Å². The van der Waals surface area contributed by atoms with Crippen molar-refractivity contribution >= 4 is 28.9 Å². The highest BCUT2D eigenvalue weighted by Gasteiger charge is 2.28. The molecule has 190 valence electrons. The summed E-state index contributed by atoms with van der Waals surface area (Å²) in [7, 11) is 0. The van der Waals surface area contributed by atoms with Crippen molar-refractivity contribution in [3.05, 3.63) is 94.3 Å². The molecule has 1 aliphatic rings. The normalized spacial score (nSPS) is 14.5. The van der Waals surface area contributed by atoms with Crippen LogP contribution in [0.2, 0.25) is 0 Å². The Bertz CT molecular complexity index is 1750. The fourth-order valence-corrected chi connectivity index (χ4v) is 5.07. The number of carbonyl (C=O) groups excluding carboxylic acids is 3. The summed E-state index contributed by atoms with van der Waals surface area (Å²) < 4.78 is 3.05. The third kappa shape index (κ3) is 4.07. The Labute approximate surface area is 216 Å². The Balaban J connectivity index is 1.23. The molecule has 0 radical (unpaired) electrons. The van der Waals surface area contributed by atoms with E-state index in [-0.39, 0.29) is 35.7 Å². The number of ketones is 1. The first-order valence-electron chi connectivity index (χ1n) is 12.2. The quantitative estimate of drug-likeness (QED) is 0.337. The largest absolute Gasteiger partial charge is 0.347 e. The Morgan fingerprint density at radius 2 is 1.92 bits per heavy atom. The minimum absolute atomic E-state index is 0.0281. The van der Waals surface area contributed by atoms with Crippen molar-refractivity contribution in [2.24, 2.45) is 0 Å². The van der Waals surface area contributed by atoms with Crippen LogP contribution in [-0.4, -0.2) is 46.8 Å². The molecule has 38 heavy (non-hydrogen) atoms. The number of aromatic nitrogens is 6. The minimum atomic E-state index is -0.417. The predicted molar refractivity (Wildman–Crippen MR) is 137 cm³/mol. The van der Waals surface area contributed by atoms with Crippen LogP contribution < -0.4 is 10.6 Å². The van der Waals surface area contributed by atoms with Crippen LogP contribution in [0.3, 0.4) is 0 Å². The van der Waals surface area contributed by atoms with E-state index in [1.807, 2.05) is 31.2 Å². The van der Waals surface area contributed by atoms with Crippen LogP contribution in [0, 0.1) is 6.92 Å². The molecular formula is C27H24N8O3. The highest BCUT2D eigenvalue weighted by Crippen LogP contribution is 2.35. The Morgan fingerprint density at radius 3 is 2.76 bits per heavy atom. The van der Waals surface area contributed by atoms with Crippen molar-refractivity contribution in [2.45, 2.75) is 39.3 Å². The highest BCUT2D eigenvalue weighted by molar-refractivity contribution is 5.99. The number of pyridine rings is 1. The number of hydrogen-bond donors (Lipinski definition) is 2. The number of amides is 2. The van der Waals surface area contributed by atoms with Crippen molar-refractivity contribution in [1.82, 2.24) is 39.8 Å². The molecule has 4 aromatic heterocycles. The van der Waals surface area contributed by atoms with Crippen molar-refractivity contribution in [1.29, 1.82) is 0 Å². The molecule has 4 heterocycles. The van der Waals surface area contributed by atoms with Gasteiger partial charge in [-0.15, -0.1) is 0 Å². The lowest BCUT2D eigenvalue weighted by Gasteiger charge is -2.16. The molecule has 11 nitrogen and oxygen atoms in total. The molecule has 0 aliphatic heterocycles. The number of rotatable bonds is 6. The summed E-state index contributed by atoms with van der Waals surface area (Å²) in [5.41, 5.74) is 6.04. The molecule has 5 aromatic rings. The van der Waals surface area contributed by atoms with Crippen LogP contribution in [0.1, 0.15) is 73.0 Å². The fraction of sp³-hybridized carbons (Fsp3) is 0.222. The summed E-state index contributed by atoms with van der Waals surface area (Å²) in [6, 6.07) is 10.3. The third-order valence-corrected chi connectivity index (χ3v) is 6.99. The monoisotopic (exact) mass is 508 g/mol. The molecule has 6 rings (SSSR count). The molecule has 1 aromatic carbocycles. The van der Waals surface area contributed by atoms with Gasteiger partial charge in [0.1, 0.15) is 17.7 Å². The SMILES string of the molecule is CC(=O)c1ccc2c(c1C)CCC2NC(=O)c1cc(C(=O)NCc2ccc3ncnn3c2)nc2ccnn12. The van der Waals surface area contributed by atoms with E-state index >= 15 is 0 Å². The fourth-order valence-electron chi connectivity index (χ4n) is 5.07. The maximum absolute atomic E-state index is 13.4. The number of Topliss-reactive ketones (excluding diaryl/α,β-unsaturated/α-hetero) is 1. The number of carbonyl (C=O) groups is 3. The van der Waals surface area contributed by atoms with E-state index in [0.717, 1.165) is 35.1 Å². The molecule has 0 saturated heterocycles. The molecule has 1 atom stereocenters. The molecule has 0 saturated carbocycles. The summed E-state index contributed by atoms with van der Waals surface area (Å²) in [5.74, 6) is -0.752. The molecule has 2 amide bonds. The average molecular weight is 509 g/mol. The zero-order chi connectivity index (χ0) is 26.4. The van der Waals surface area contributed by atoms with Crippen molar-refractivity contribution in [3.63, 3.8) is 0 Å². The second kappa shape index (κ2) is 9.18. The smallest absolute Gasteiger partial charge is 0.270 e. The van der Waals surface area contributed by atoms with E-state index < -0.39 is 5.91 Å². The van der Waals surface area contributed by atoms with E-state index in [2.05, 4.69) is 30.8 Å². The first-order chi connectivity index (χ1) is 18.4. The van der Waals surface area contributed by atoms with E-state index in [1.165, 1.54) is 23.1 Å². The van der Waals surface area contributed by atoms with E-state index in [1.54, 1.807) is 23.7 Å². The lowest BCUT2D eigenvalue weighted by Crippen LogP contribution is -2.30. The zero-order valence-corrected chi connectivity index (χ0v) is 20.8. The Kier molecular flexibility index (Phi) is 5.67. The molecule has 1 aliphatic carbocycles. The molecule has 0 fully saturated rings. The molecular weight excluding hydrogens is 484 g/mol. The van der Waals surface area contributed by atoms with Gasteiger partial charge in [-0.05, 0) is 55.0 Å². The average Bonchev–Trinajstić information content (AvgIpc) is 3.66. The van der Waals surface area contributed by atoms with Gasteiger partial charge >= 0.3 is 0 Å². The van der Waals surface area contributed by atoms with Crippen LogP contribution in [-0.2, 0) is 13.0 Å². The van der Waals surface area contributed by atoms with Crippen LogP contribution in [0.4, 0.5) is 0 Å². The van der Waals surface area contributed by atoms with Crippen LogP contribution in [0.5, 0.6) is 0 Å². The van der Waals surface area contributed by atoms with Crippen LogP contribution in [0.15, 0.2) is 55.1 Å². The van der Waals surface area contributed by atoms with Crippen molar-refractivity contribution in [2.75, 3.05) is 0 Å². The lowest BCUT2D eigenvalue weighted by atomic mass is 9.96. The first-order valence-corrected chi connectivity index (χ1v) is 12.2. The van der Waals surface area contributed by atoms with Gasteiger partial charge < -0.3 is 10.6 Å². The number of fused-ring (bicyclic) bond motifs is 3. The van der Waals surface area contributed by atoms with Crippen LogP contribution in [0.25, 0.3) is 11.3 Å². The molecule has 1 unspecified atom stereocenters. The molecule has 0 bridgehead atoms. The van der Waals surface area contributed by atoms with Crippen molar-refractivity contribution < 1.29 is 14.4 Å². The summed E-state index contributed by atoms with van der Waals surface area (Å²) >= 11 is 0. The second-order valence-electron chi connectivity index (χ2n) is 9.34. The number of nitrogens with zero attached hydrogens (tertiary/aromatic N) is 6. The highest BCUT2D eigenvalue weighted by atomic mass is 16.2. The van der Waals surface area contributed by atoms with Gasteiger partial charge in [-0.2, -0.15) is 10.2 Å². The van der Waals surface area contributed by atoms with Gasteiger partial charge in [0, 0.05) is 30.4 Å². The minimum Gasteiger partial charge on any atom is -0.347 e. The standard InChI is InChI=1S/C27H24N8O3/c1-15-18(16(2)36)4-5-20-19(15)6-7-21(20)33-27(38)23-11-22(32-25-9-10-30-35(23)25)26(37)28-12-17-3-8-24-29-14-31-34(24)13-17/h3-5,8-11,13-14,21H,6-7,12H2,1-2H3,(H,28,37)(H,33,38). The molecule has 2 N–H and O–H groups in total. The van der Waals surface area contributed by atoms with Gasteiger partial charge in [-0.3, -0.25) is 14.4 Å². The van der Waals surface area contributed by atoms with Gasteiger partial charge in [-0.25, -0.2) is 19.0 Å². The third-order valence-electron chi connectivity index (χ3n) is 6.99. The summed E-state index contributed by atoms with van der Waals surface area (Å²) in [5, 5.41) is 14.3. The molecule has 11 heteroatoms. The van der Waals surface area contributed by atoms with Gasteiger partial charge in [0.05, 0.1) is 12.2 Å². The van der Waals surface area contributed by atoms with Gasteiger partial charge in [0.15, 0.2) is 17.1 Å². The summed E-state index contributed by atoms with van der Waals surface area (Å²) in [6.45, 7) is 3.76. The maximum Gasteiger partial charge on any atom is 0.270 e. The number of nitrogens with one attached hydrogen (secondary N) is 2. The van der Waals surface area contributed by atoms with E-state index in [9.17, 15) is 14.4 Å². The second-order valence-corrected chi connectivity index (χ2v) is 9.34. The Hall–Kier alpha value is -4.93. The maximum atomic E-state index is 13.4. The van der Waals surface area contributed by atoms with Crippen molar-refractivity contribution in [3.8, 4) is 0 Å². The number of hydrogen-bond acceptors (Lipinski definition) is 7. The Morgan fingerprint density at radius 1 is 1.05 bits per heavy atom. The predicted octanol–water partition coefficient (Wildman–Crippen LogP) is 2.63. The van der Waals surface area contributed by atoms with Crippen LogP contribution >= 0.6 is 0 Å². The summed E-state index contributed by atoms with van der Waals surface area (Å²) in [6.07, 6.45) is 6.28. The van der Waals surface area contributed by atoms with E-state index in [4.69, 9.17) is 0 Å². The van der Waals surface area contributed by atoms with E-state index in [0.29, 0.717) is 16.9 Å². The van der Waals surface area contributed by atoms with Gasteiger partial charge in [0.25, 0.3) is 11.8 Å². The summed E-state index contributed by atoms with van der Waals surface area (Å²) in [4.78, 5) is 46.9. The lowest BCUT2D eigenvalue weighted by molar-refractivity contribution is 0.0927. The van der Waals surface area contributed by atoms with Gasteiger partial charge in [0.2, 0.25) is 0 Å². The zero-order valence-electron chi connectivity index (χ0n) is 20.8. The molecule has 0 spiro atoms. The van der Waals surface area contributed by atoms with Gasteiger partial charge in [-0.1, -0.05) is 18.2 Å².